The van der Waals surface area contributed by atoms with Gasteiger partial charge in [-0.25, -0.2) is 0 Å². The van der Waals surface area contributed by atoms with Gasteiger partial charge in [0.1, 0.15) is 5.75 Å². The quantitative estimate of drug-likeness (QED) is 0.620. The van der Waals surface area contributed by atoms with Crippen LogP contribution in [-0.4, -0.2) is 12.9 Å². The highest BCUT2D eigenvalue weighted by atomic mass is 16.5. The van der Waals surface area contributed by atoms with Crippen LogP contribution in [0.3, 0.4) is 0 Å². The van der Waals surface area contributed by atoms with E-state index in [1.807, 2.05) is 36.4 Å². The Balaban J connectivity index is 2.06. The average Bonchev–Trinajstić information content (AvgIpc) is 2.52. The van der Waals surface area contributed by atoms with Crippen LogP contribution in [-0.2, 0) is 0 Å². The molecule has 0 aliphatic rings. The predicted octanol–water partition coefficient (Wildman–Crippen LogP) is 3.30. The van der Waals surface area contributed by atoms with Gasteiger partial charge in [-0.1, -0.05) is 24.0 Å². The van der Waals surface area contributed by atoms with Crippen molar-refractivity contribution in [3.8, 4) is 29.4 Å². The van der Waals surface area contributed by atoms with Crippen LogP contribution < -0.4 is 4.74 Å². The van der Waals surface area contributed by atoms with Crippen molar-refractivity contribution >= 4 is 5.78 Å². The minimum Gasteiger partial charge on any atom is -0.497 e. The standard InChI is InChI=1S/C19H14O2/c1-15(20)18-11-7-16(8-12-18)5-3-4-6-17-9-13-19(21-2)14-10-17/h7-14H,1-2H3. The van der Waals surface area contributed by atoms with E-state index in [0.717, 1.165) is 16.9 Å². The second kappa shape index (κ2) is 6.98. The van der Waals surface area contributed by atoms with E-state index in [-0.39, 0.29) is 5.78 Å². The van der Waals surface area contributed by atoms with Crippen LogP contribution in [0, 0.1) is 23.7 Å². The molecule has 0 amide bonds. The summed E-state index contributed by atoms with van der Waals surface area (Å²) >= 11 is 0. The van der Waals surface area contributed by atoms with Gasteiger partial charge in [-0.2, -0.15) is 0 Å². The minimum atomic E-state index is 0.0498. The molecular formula is C19H14O2. The smallest absolute Gasteiger partial charge is 0.159 e. The van der Waals surface area contributed by atoms with Crippen LogP contribution in [0.1, 0.15) is 28.4 Å². The molecule has 0 fully saturated rings. The number of Topliss-reactive ketones (excluding diaryl/α,β-unsaturated/α-hetero) is 1. The predicted molar refractivity (Wildman–Crippen MR) is 83.2 cm³/mol. The lowest BCUT2D eigenvalue weighted by molar-refractivity contribution is 0.101. The first-order valence-corrected chi connectivity index (χ1v) is 6.46. The highest BCUT2D eigenvalue weighted by molar-refractivity contribution is 5.94. The van der Waals surface area contributed by atoms with Crippen LogP contribution >= 0.6 is 0 Å². The van der Waals surface area contributed by atoms with Gasteiger partial charge in [-0.3, -0.25) is 4.79 Å². The third-order valence-electron chi connectivity index (χ3n) is 2.86. The van der Waals surface area contributed by atoms with Gasteiger partial charge >= 0.3 is 0 Å². The summed E-state index contributed by atoms with van der Waals surface area (Å²) in [6, 6.07) is 14.7. The molecule has 2 aromatic rings. The number of ketones is 1. The van der Waals surface area contributed by atoms with Gasteiger partial charge in [0.15, 0.2) is 5.78 Å². The largest absolute Gasteiger partial charge is 0.497 e. The maximum absolute atomic E-state index is 11.2. The fourth-order valence-corrected chi connectivity index (χ4v) is 1.67. The third kappa shape index (κ3) is 4.27. The van der Waals surface area contributed by atoms with Crippen LogP contribution in [0.4, 0.5) is 0 Å². The number of methoxy groups -OCH3 is 1. The molecule has 0 heterocycles. The Labute approximate surface area is 124 Å². The summed E-state index contributed by atoms with van der Waals surface area (Å²) in [5.74, 6) is 12.4. The number of hydrogen-bond acceptors (Lipinski definition) is 2. The summed E-state index contributed by atoms with van der Waals surface area (Å²) in [5.41, 5.74) is 2.41. The molecule has 0 bridgehead atoms. The second-order valence-corrected chi connectivity index (χ2v) is 4.36. The molecule has 0 aliphatic heterocycles. The van der Waals surface area contributed by atoms with Crippen molar-refractivity contribution in [3.05, 3.63) is 65.2 Å². The Kier molecular flexibility index (Phi) is 4.80. The van der Waals surface area contributed by atoms with Gasteiger partial charge in [0.25, 0.3) is 0 Å². The molecule has 21 heavy (non-hydrogen) atoms. The highest BCUT2D eigenvalue weighted by Gasteiger charge is 1.96. The van der Waals surface area contributed by atoms with E-state index in [1.54, 1.807) is 26.2 Å². The van der Waals surface area contributed by atoms with Crippen LogP contribution in [0.5, 0.6) is 5.75 Å². The van der Waals surface area contributed by atoms with Crippen molar-refractivity contribution in [2.24, 2.45) is 0 Å². The zero-order chi connectivity index (χ0) is 15.1. The minimum absolute atomic E-state index is 0.0498. The van der Waals surface area contributed by atoms with Crippen molar-refractivity contribution in [2.45, 2.75) is 6.92 Å². The molecular weight excluding hydrogens is 260 g/mol. The summed E-state index contributed by atoms with van der Waals surface area (Å²) in [5, 5.41) is 0. The fraction of sp³-hybridized carbons (Fsp3) is 0.105. The van der Waals surface area contributed by atoms with Gasteiger partial charge in [-0.05, 0) is 55.2 Å². The second-order valence-electron chi connectivity index (χ2n) is 4.36. The van der Waals surface area contributed by atoms with Crippen molar-refractivity contribution in [3.63, 3.8) is 0 Å². The van der Waals surface area contributed by atoms with Gasteiger partial charge in [0.2, 0.25) is 0 Å². The maximum Gasteiger partial charge on any atom is 0.159 e. The van der Waals surface area contributed by atoms with E-state index in [0.29, 0.717) is 5.56 Å². The Hall–Kier alpha value is -2.97. The van der Waals surface area contributed by atoms with E-state index in [1.165, 1.54) is 0 Å². The fourth-order valence-electron chi connectivity index (χ4n) is 1.67. The van der Waals surface area contributed by atoms with Crippen molar-refractivity contribution in [2.75, 3.05) is 7.11 Å². The lowest BCUT2D eigenvalue weighted by Crippen LogP contribution is -1.90. The lowest BCUT2D eigenvalue weighted by Gasteiger charge is -1.96. The summed E-state index contributed by atoms with van der Waals surface area (Å²) < 4.78 is 5.08. The van der Waals surface area contributed by atoms with E-state index >= 15 is 0 Å². The van der Waals surface area contributed by atoms with Crippen LogP contribution in [0.2, 0.25) is 0 Å². The summed E-state index contributed by atoms with van der Waals surface area (Å²) in [7, 11) is 1.63. The molecule has 2 aromatic carbocycles. The molecule has 0 unspecified atom stereocenters. The molecule has 0 aromatic heterocycles. The third-order valence-corrected chi connectivity index (χ3v) is 2.86. The first kappa shape index (κ1) is 14.4. The van der Waals surface area contributed by atoms with Gasteiger partial charge in [0, 0.05) is 16.7 Å². The molecule has 0 N–H and O–H groups in total. The van der Waals surface area contributed by atoms with Crippen LogP contribution in [0.25, 0.3) is 0 Å². The zero-order valence-electron chi connectivity index (χ0n) is 11.9. The molecule has 0 saturated heterocycles. The molecule has 0 radical (unpaired) electrons. The SMILES string of the molecule is COc1ccc(C#CC#Cc2ccc(C(C)=O)cc2)cc1. The van der Waals surface area contributed by atoms with E-state index in [2.05, 4.69) is 23.7 Å². The molecule has 0 aliphatic carbocycles. The number of rotatable bonds is 2. The first-order chi connectivity index (χ1) is 10.2. The van der Waals surface area contributed by atoms with Gasteiger partial charge < -0.3 is 4.74 Å². The highest BCUT2D eigenvalue weighted by Crippen LogP contribution is 2.10. The average molecular weight is 274 g/mol. The molecule has 102 valence electrons. The molecule has 0 atom stereocenters. The van der Waals surface area contributed by atoms with Crippen molar-refractivity contribution in [1.82, 2.24) is 0 Å². The Morgan fingerprint density at radius 3 is 1.76 bits per heavy atom. The summed E-state index contributed by atoms with van der Waals surface area (Å²) in [4.78, 5) is 11.2. The van der Waals surface area contributed by atoms with E-state index < -0.39 is 0 Å². The van der Waals surface area contributed by atoms with Crippen molar-refractivity contribution < 1.29 is 9.53 Å². The molecule has 2 rings (SSSR count). The first-order valence-electron chi connectivity index (χ1n) is 6.46. The van der Waals surface area contributed by atoms with E-state index in [4.69, 9.17) is 4.74 Å². The van der Waals surface area contributed by atoms with Gasteiger partial charge in [0.05, 0.1) is 7.11 Å². The number of ether oxygens (including phenoxy) is 1. The number of carbonyl (C=O) groups excluding carboxylic acids is 1. The van der Waals surface area contributed by atoms with Crippen molar-refractivity contribution in [1.29, 1.82) is 0 Å². The molecule has 2 heteroatoms. The lowest BCUT2D eigenvalue weighted by atomic mass is 10.1. The number of benzene rings is 2. The number of hydrogen-bond donors (Lipinski definition) is 0. The molecule has 0 spiro atoms. The topological polar surface area (TPSA) is 26.3 Å². The maximum atomic E-state index is 11.2. The molecule has 0 saturated carbocycles. The monoisotopic (exact) mass is 274 g/mol. The van der Waals surface area contributed by atoms with Gasteiger partial charge in [-0.15, -0.1) is 0 Å². The Morgan fingerprint density at radius 1 is 0.857 bits per heavy atom. The summed E-state index contributed by atoms with van der Waals surface area (Å²) in [6.07, 6.45) is 0. The Bertz CT molecular complexity index is 746. The van der Waals surface area contributed by atoms with Crippen LogP contribution in [0.15, 0.2) is 48.5 Å². The molecule has 2 nitrogen and oxygen atoms in total. The summed E-state index contributed by atoms with van der Waals surface area (Å²) in [6.45, 7) is 1.54. The number of carbonyl (C=O) groups is 1. The Morgan fingerprint density at radius 2 is 1.33 bits per heavy atom. The van der Waals surface area contributed by atoms with E-state index in [9.17, 15) is 4.79 Å². The normalized spacial score (nSPS) is 8.86. The zero-order valence-corrected chi connectivity index (χ0v) is 11.9.